The largest absolute Gasteiger partial charge is 0.478 e. The molecule has 0 amide bonds. The van der Waals surface area contributed by atoms with E-state index in [2.05, 4.69) is 0 Å². The van der Waals surface area contributed by atoms with E-state index >= 15 is 0 Å². The van der Waals surface area contributed by atoms with Gasteiger partial charge in [0, 0.05) is 0 Å². The first-order valence-electron chi connectivity index (χ1n) is 5.89. The number of rotatable bonds is 7. The molecular weight excluding hydrogens is 475 g/mol. The molecule has 0 fully saturated rings. The fourth-order valence-corrected chi connectivity index (χ4v) is 1.46. The van der Waals surface area contributed by atoms with Crippen LogP contribution in [0.1, 0.15) is 0 Å². The predicted molar refractivity (Wildman–Crippen MR) is 52.6 cm³/mol. The van der Waals surface area contributed by atoms with Crippen LogP contribution in [-0.4, -0.2) is 52.8 Å². The Hall–Kier alpha value is -1.98. The van der Waals surface area contributed by atoms with Gasteiger partial charge in [-0.2, -0.15) is 74.6 Å². The van der Waals surface area contributed by atoms with E-state index in [-0.39, 0.29) is 0 Å². The van der Waals surface area contributed by atoms with Gasteiger partial charge < -0.3 is 5.11 Å². The highest BCUT2D eigenvalue weighted by Gasteiger charge is 2.93. The Morgan fingerprint density at radius 2 is 0.793 bits per heavy atom. The van der Waals surface area contributed by atoms with Crippen molar-refractivity contribution in [1.82, 2.24) is 0 Å². The molecule has 0 spiro atoms. The van der Waals surface area contributed by atoms with Crippen molar-refractivity contribution >= 4 is 5.97 Å². The van der Waals surface area contributed by atoms with Gasteiger partial charge in [0.25, 0.3) is 6.08 Å². The van der Waals surface area contributed by atoms with E-state index in [1.54, 1.807) is 0 Å². The van der Waals surface area contributed by atoms with Crippen LogP contribution in [0.25, 0.3) is 0 Å². The van der Waals surface area contributed by atoms with Crippen molar-refractivity contribution in [2.45, 2.75) is 41.7 Å². The molecule has 0 aromatic carbocycles. The van der Waals surface area contributed by atoms with E-state index < -0.39 is 59.3 Å². The minimum absolute atomic E-state index is 3.87. The van der Waals surface area contributed by atoms with Crippen LogP contribution in [0.3, 0.4) is 0 Å². The second kappa shape index (κ2) is 6.78. The third-order valence-corrected chi connectivity index (χ3v) is 3.04. The lowest BCUT2D eigenvalue weighted by molar-refractivity contribution is -0.450. The van der Waals surface area contributed by atoms with Crippen LogP contribution in [0.15, 0.2) is 11.7 Å². The molecule has 0 unspecified atom stereocenters. The standard InChI is InChI=1S/C10HF17O2/c11-2(12)1(3(28)29)4(13,14)5(15,16)6(17,18)7(19,20)8(21,22)9(23,24)10(25,26)27/h(H,28,29). The molecule has 0 saturated heterocycles. The number of hydrogen-bond acceptors (Lipinski definition) is 1. The Kier molecular flexibility index (Phi) is 6.32. The molecule has 0 aromatic heterocycles. The van der Waals surface area contributed by atoms with Gasteiger partial charge in [-0.15, -0.1) is 0 Å². The second-order valence-electron chi connectivity index (χ2n) is 4.88. The average molecular weight is 476 g/mol. The molecule has 0 aromatic rings. The van der Waals surface area contributed by atoms with Crippen LogP contribution in [0.4, 0.5) is 74.6 Å². The maximum absolute atomic E-state index is 13.2. The zero-order chi connectivity index (χ0) is 24.2. The Morgan fingerprint density at radius 3 is 1.03 bits per heavy atom. The van der Waals surface area contributed by atoms with E-state index in [1.807, 2.05) is 0 Å². The third kappa shape index (κ3) is 3.44. The smallest absolute Gasteiger partial charge is 0.460 e. The summed E-state index contributed by atoms with van der Waals surface area (Å²) in [6, 6.07) is 0. The summed E-state index contributed by atoms with van der Waals surface area (Å²) in [5.74, 6) is -54.0. The van der Waals surface area contributed by atoms with Crippen LogP contribution in [-0.2, 0) is 4.79 Å². The van der Waals surface area contributed by atoms with Crippen molar-refractivity contribution in [1.29, 1.82) is 0 Å². The molecular formula is C10HF17O2. The molecule has 0 saturated carbocycles. The number of carboxylic acids is 1. The van der Waals surface area contributed by atoms with Gasteiger partial charge in [0.15, 0.2) is 5.57 Å². The SMILES string of the molecule is O=C(O)C(=C(F)F)C(F)(F)C(F)(F)C(F)(F)C(F)(F)C(F)(F)C(F)(F)C(F)(F)F. The minimum Gasteiger partial charge on any atom is -0.478 e. The molecule has 0 aliphatic rings. The quantitative estimate of drug-likeness (QED) is 0.384. The van der Waals surface area contributed by atoms with Crippen molar-refractivity contribution in [2.75, 3.05) is 0 Å². The lowest BCUT2D eigenvalue weighted by Gasteiger charge is -2.41. The maximum Gasteiger partial charge on any atom is 0.460 e. The van der Waals surface area contributed by atoms with E-state index in [1.165, 1.54) is 0 Å². The molecule has 0 aliphatic heterocycles. The number of aliphatic carboxylic acids is 1. The number of carboxylic acid groups (broad SMARTS) is 1. The summed E-state index contributed by atoms with van der Waals surface area (Å²) in [5.41, 5.74) is -4.34. The number of carbonyl (C=O) groups is 1. The lowest BCUT2D eigenvalue weighted by atomic mass is 9.88. The molecule has 29 heavy (non-hydrogen) atoms. The molecule has 0 aliphatic carbocycles. The summed E-state index contributed by atoms with van der Waals surface area (Å²) in [5, 5.41) is 7.91. The molecule has 172 valence electrons. The van der Waals surface area contributed by atoms with Crippen LogP contribution in [0.2, 0.25) is 0 Å². The van der Waals surface area contributed by atoms with Gasteiger partial charge in [-0.05, 0) is 0 Å². The maximum atomic E-state index is 13.2. The zero-order valence-electron chi connectivity index (χ0n) is 12.3. The summed E-state index contributed by atoms with van der Waals surface area (Å²) in [4.78, 5) is 10.1. The normalized spacial score (nSPS) is 15.3. The Bertz CT molecular complexity index is 681. The molecule has 0 radical (unpaired) electrons. The van der Waals surface area contributed by atoms with Crippen molar-refractivity contribution in [3.8, 4) is 0 Å². The Morgan fingerprint density at radius 1 is 0.517 bits per heavy atom. The summed E-state index contributed by atoms with van der Waals surface area (Å²) < 4.78 is 215. The summed E-state index contributed by atoms with van der Waals surface area (Å²) in [7, 11) is 0. The zero-order valence-corrected chi connectivity index (χ0v) is 12.3. The fraction of sp³-hybridized carbons (Fsp3) is 0.700. The minimum atomic E-state index is -8.69. The van der Waals surface area contributed by atoms with Crippen LogP contribution >= 0.6 is 0 Å². The molecule has 0 atom stereocenters. The molecule has 2 nitrogen and oxygen atoms in total. The van der Waals surface area contributed by atoms with E-state index in [4.69, 9.17) is 5.11 Å². The van der Waals surface area contributed by atoms with Gasteiger partial charge in [-0.1, -0.05) is 0 Å². The highest BCUT2D eigenvalue weighted by Crippen LogP contribution is 2.63. The van der Waals surface area contributed by atoms with Crippen LogP contribution < -0.4 is 0 Å². The summed E-state index contributed by atoms with van der Waals surface area (Å²) in [6.45, 7) is 0. The Labute approximate surface area is 145 Å². The predicted octanol–water partition coefficient (Wildman–Crippen LogP) is 5.60. The monoisotopic (exact) mass is 476 g/mol. The molecule has 19 heteroatoms. The van der Waals surface area contributed by atoms with E-state index in [0.717, 1.165) is 0 Å². The average Bonchev–Trinajstić information content (AvgIpc) is 2.43. The first-order chi connectivity index (χ1) is 12.3. The first-order valence-corrected chi connectivity index (χ1v) is 5.89. The van der Waals surface area contributed by atoms with Gasteiger partial charge in [0.05, 0.1) is 0 Å². The van der Waals surface area contributed by atoms with Gasteiger partial charge in [-0.3, -0.25) is 0 Å². The third-order valence-electron chi connectivity index (χ3n) is 3.04. The highest BCUT2D eigenvalue weighted by molar-refractivity contribution is 5.89. The van der Waals surface area contributed by atoms with Gasteiger partial charge >= 0.3 is 47.7 Å². The van der Waals surface area contributed by atoms with Crippen molar-refractivity contribution < 1.29 is 84.5 Å². The van der Waals surface area contributed by atoms with Crippen molar-refractivity contribution in [3.63, 3.8) is 0 Å². The topological polar surface area (TPSA) is 37.3 Å². The first kappa shape index (κ1) is 27.0. The number of hydrogen-bond donors (Lipinski definition) is 1. The van der Waals surface area contributed by atoms with Gasteiger partial charge in [0.2, 0.25) is 0 Å². The number of alkyl halides is 15. The molecule has 0 heterocycles. The Balaban J connectivity index is 6.89. The summed E-state index contributed by atoms with van der Waals surface area (Å²) >= 11 is 0. The van der Waals surface area contributed by atoms with Crippen LogP contribution in [0, 0.1) is 0 Å². The van der Waals surface area contributed by atoms with Crippen molar-refractivity contribution in [3.05, 3.63) is 11.7 Å². The second-order valence-corrected chi connectivity index (χ2v) is 4.88. The van der Waals surface area contributed by atoms with E-state index in [9.17, 15) is 79.4 Å². The molecule has 0 bridgehead atoms. The lowest BCUT2D eigenvalue weighted by Crippen LogP contribution is -2.72. The van der Waals surface area contributed by atoms with Crippen LogP contribution in [0.5, 0.6) is 0 Å². The van der Waals surface area contributed by atoms with Gasteiger partial charge in [-0.25, -0.2) is 4.79 Å². The molecule has 0 rings (SSSR count). The van der Waals surface area contributed by atoms with E-state index in [0.29, 0.717) is 0 Å². The van der Waals surface area contributed by atoms with Crippen molar-refractivity contribution in [2.24, 2.45) is 0 Å². The fourth-order valence-electron chi connectivity index (χ4n) is 1.46. The summed E-state index contributed by atoms with van der Waals surface area (Å²) in [6.07, 6.45) is -12.3. The molecule has 1 N–H and O–H groups in total. The number of halogens is 17. The highest BCUT2D eigenvalue weighted by atomic mass is 19.4. The van der Waals surface area contributed by atoms with Gasteiger partial charge in [0.1, 0.15) is 0 Å².